The van der Waals surface area contributed by atoms with E-state index in [4.69, 9.17) is 4.74 Å². The highest BCUT2D eigenvalue weighted by Crippen LogP contribution is 2.30. The molecule has 0 spiro atoms. The number of ether oxygens (including phenoxy) is 1. The number of aromatic nitrogens is 7. The van der Waals surface area contributed by atoms with Gasteiger partial charge in [0, 0.05) is 35.5 Å². The van der Waals surface area contributed by atoms with Gasteiger partial charge in [0.1, 0.15) is 24.3 Å². The number of benzene rings is 2. The van der Waals surface area contributed by atoms with Crippen molar-refractivity contribution in [2.75, 3.05) is 17.2 Å². The van der Waals surface area contributed by atoms with Crippen molar-refractivity contribution in [3.05, 3.63) is 96.6 Å². The molecule has 196 valence electrons. The topological polar surface area (TPSA) is 127 Å². The molecule has 0 atom stereocenters. The molecular formula is C28H27N9O2. The third-order valence-corrected chi connectivity index (χ3v) is 6.48. The Morgan fingerprint density at radius 2 is 2.00 bits per heavy atom. The van der Waals surface area contributed by atoms with Crippen LogP contribution in [0.1, 0.15) is 23.9 Å². The molecule has 2 aromatic carbocycles. The number of hydrogen-bond donors (Lipinski definition) is 3. The molecule has 1 amide bonds. The van der Waals surface area contributed by atoms with Crippen LogP contribution in [-0.4, -0.2) is 47.0 Å². The predicted octanol–water partition coefficient (Wildman–Crippen LogP) is 4.95. The molecule has 0 saturated carbocycles. The van der Waals surface area contributed by atoms with Crippen molar-refractivity contribution in [3.63, 3.8) is 0 Å². The molecule has 0 bridgehead atoms. The first kappa shape index (κ1) is 24.2. The largest absolute Gasteiger partial charge is 0.449 e. The number of nitrogens with one attached hydrogen (secondary N) is 3. The zero-order valence-electron chi connectivity index (χ0n) is 21.3. The van der Waals surface area contributed by atoms with E-state index in [1.165, 1.54) is 11.9 Å². The summed E-state index contributed by atoms with van der Waals surface area (Å²) in [5.74, 6) is 1.40. The predicted molar refractivity (Wildman–Crippen MR) is 148 cm³/mol. The molecule has 0 unspecified atom stereocenters. The monoisotopic (exact) mass is 521 g/mol. The van der Waals surface area contributed by atoms with Gasteiger partial charge in [-0.3, -0.25) is 10.00 Å². The molecular weight excluding hydrogens is 494 g/mol. The van der Waals surface area contributed by atoms with E-state index < -0.39 is 6.09 Å². The van der Waals surface area contributed by atoms with E-state index in [1.54, 1.807) is 23.1 Å². The number of nitrogens with zero attached hydrogens (tertiary/aromatic N) is 6. The van der Waals surface area contributed by atoms with Crippen LogP contribution in [0.5, 0.6) is 0 Å². The second-order valence-corrected chi connectivity index (χ2v) is 9.01. The lowest BCUT2D eigenvalue weighted by molar-refractivity contribution is 0.162. The summed E-state index contributed by atoms with van der Waals surface area (Å²) in [5, 5.41) is 16.2. The Morgan fingerprint density at radius 3 is 2.82 bits per heavy atom. The number of fused-ring (bicyclic) bond motifs is 2. The van der Waals surface area contributed by atoms with E-state index in [9.17, 15) is 4.79 Å². The minimum atomic E-state index is -0.535. The van der Waals surface area contributed by atoms with Crippen LogP contribution >= 0.6 is 0 Å². The van der Waals surface area contributed by atoms with Crippen molar-refractivity contribution < 1.29 is 9.53 Å². The lowest BCUT2D eigenvalue weighted by Gasteiger charge is -2.10. The molecule has 6 aromatic rings. The van der Waals surface area contributed by atoms with Gasteiger partial charge in [0.05, 0.1) is 30.1 Å². The van der Waals surface area contributed by atoms with Crippen molar-refractivity contribution in [3.8, 4) is 0 Å². The fourth-order valence-electron chi connectivity index (χ4n) is 4.64. The summed E-state index contributed by atoms with van der Waals surface area (Å²) in [6.07, 6.45) is 9.15. The second-order valence-electron chi connectivity index (χ2n) is 9.01. The van der Waals surface area contributed by atoms with E-state index in [-0.39, 0.29) is 6.61 Å². The first-order valence-electron chi connectivity index (χ1n) is 12.7. The van der Waals surface area contributed by atoms with Crippen LogP contribution < -0.4 is 10.6 Å². The highest BCUT2D eigenvalue weighted by atomic mass is 16.5. The Balaban J connectivity index is 1.20. The Labute approximate surface area is 223 Å². The number of hydrogen-bond acceptors (Lipinski definition) is 7. The first-order chi connectivity index (χ1) is 19.2. The van der Waals surface area contributed by atoms with Gasteiger partial charge in [-0.05, 0) is 30.2 Å². The molecule has 39 heavy (non-hydrogen) atoms. The van der Waals surface area contributed by atoms with Crippen LogP contribution in [0.15, 0.2) is 79.6 Å². The SMILES string of the molecule is CCc1c(NC(=O)OCCc2ncc[nH]2)cn2ncnc(Nc3ccc4c(cnn4Cc4ccccc4)c3)c12. The molecule has 4 aromatic heterocycles. The Hall–Kier alpha value is -5.19. The zero-order chi connectivity index (χ0) is 26.6. The Morgan fingerprint density at radius 1 is 1.10 bits per heavy atom. The number of anilines is 3. The van der Waals surface area contributed by atoms with Crippen LogP contribution in [0.3, 0.4) is 0 Å². The highest BCUT2D eigenvalue weighted by Gasteiger charge is 2.17. The van der Waals surface area contributed by atoms with Gasteiger partial charge in [0.15, 0.2) is 5.82 Å². The maximum absolute atomic E-state index is 12.5. The van der Waals surface area contributed by atoms with Gasteiger partial charge in [0.2, 0.25) is 0 Å². The van der Waals surface area contributed by atoms with Gasteiger partial charge in [-0.15, -0.1) is 0 Å². The number of aromatic amines is 1. The van der Waals surface area contributed by atoms with Crippen LogP contribution in [0, 0.1) is 0 Å². The van der Waals surface area contributed by atoms with Crippen molar-refractivity contribution in [1.82, 2.24) is 34.3 Å². The molecule has 3 N–H and O–H groups in total. The summed E-state index contributed by atoms with van der Waals surface area (Å²) in [6, 6.07) is 16.4. The third-order valence-electron chi connectivity index (χ3n) is 6.48. The van der Waals surface area contributed by atoms with Gasteiger partial charge in [-0.25, -0.2) is 19.3 Å². The van der Waals surface area contributed by atoms with Crippen LogP contribution in [0.4, 0.5) is 22.0 Å². The molecule has 0 aliphatic heterocycles. The lowest BCUT2D eigenvalue weighted by Crippen LogP contribution is -2.16. The number of amides is 1. The van der Waals surface area contributed by atoms with Crippen LogP contribution in [0.2, 0.25) is 0 Å². The number of rotatable bonds is 9. The smallest absolute Gasteiger partial charge is 0.411 e. The molecule has 0 saturated heterocycles. The van der Waals surface area contributed by atoms with Crippen molar-refractivity contribution in [1.29, 1.82) is 0 Å². The second kappa shape index (κ2) is 10.7. The number of imidazole rings is 1. The average molecular weight is 522 g/mol. The standard InChI is InChI=1S/C28H27N9O2/c1-2-22-23(35-28(38)39-13-10-25-29-11-12-30-25)17-37-26(22)27(31-18-33-37)34-21-8-9-24-20(14-21)15-32-36(24)16-19-6-4-3-5-7-19/h3-9,11-12,14-15,17-18H,2,10,13,16H2,1H3,(H,29,30)(H,35,38)(H,31,33,34). The van der Waals surface area contributed by atoms with E-state index in [0.717, 1.165) is 33.5 Å². The third kappa shape index (κ3) is 5.14. The first-order valence-corrected chi connectivity index (χ1v) is 12.7. The van der Waals surface area contributed by atoms with Crippen molar-refractivity contribution >= 4 is 39.7 Å². The maximum atomic E-state index is 12.5. The van der Waals surface area contributed by atoms with Gasteiger partial charge in [-0.2, -0.15) is 10.2 Å². The lowest BCUT2D eigenvalue weighted by atomic mass is 10.2. The fraction of sp³-hybridized carbons (Fsp3) is 0.179. The fourth-order valence-corrected chi connectivity index (χ4v) is 4.64. The number of carbonyl (C=O) groups is 1. The van der Waals surface area contributed by atoms with Gasteiger partial charge in [0.25, 0.3) is 0 Å². The normalized spacial score (nSPS) is 11.2. The molecule has 0 aliphatic rings. The molecule has 4 heterocycles. The molecule has 0 radical (unpaired) electrons. The minimum absolute atomic E-state index is 0.213. The van der Waals surface area contributed by atoms with E-state index in [2.05, 4.69) is 54.0 Å². The quantitative estimate of drug-likeness (QED) is 0.246. The Bertz CT molecular complexity index is 1720. The van der Waals surface area contributed by atoms with Crippen molar-refractivity contribution in [2.45, 2.75) is 26.3 Å². The van der Waals surface area contributed by atoms with E-state index in [0.29, 0.717) is 30.9 Å². The van der Waals surface area contributed by atoms with Gasteiger partial charge < -0.3 is 15.0 Å². The number of carbonyl (C=O) groups excluding carboxylic acids is 1. The number of H-pyrrole nitrogens is 1. The zero-order valence-corrected chi connectivity index (χ0v) is 21.3. The molecule has 0 aliphatic carbocycles. The molecule has 11 nitrogen and oxygen atoms in total. The summed E-state index contributed by atoms with van der Waals surface area (Å²) >= 11 is 0. The summed E-state index contributed by atoms with van der Waals surface area (Å²) in [7, 11) is 0. The van der Waals surface area contributed by atoms with E-state index >= 15 is 0 Å². The van der Waals surface area contributed by atoms with Gasteiger partial charge >= 0.3 is 6.09 Å². The van der Waals surface area contributed by atoms with Gasteiger partial charge in [-0.1, -0.05) is 37.3 Å². The van der Waals surface area contributed by atoms with Crippen molar-refractivity contribution in [2.24, 2.45) is 0 Å². The summed E-state index contributed by atoms with van der Waals surface area (Å²) in [4.78, 5) is 24.1. The molecule has 0 fully saturated rings. The maximum Gasteiger partial charge on any atom is 0.411 e. The molecule has 11 heteroatoms. The summed E-state index contributed by atoms with van der Waals surface area (Å²) in [5.41, 5.74) is 5.42. The van der Waals surface area contributed by atoms with Crippen LogP contribution in [0.25, 0.3) is 16.4 Å². The van der Waals surface area contributed by atoms with E-state index in [1.807, 2.05) is 48.1 Å². The highest BCUT2D eigenvalue weighted by molar-refractivity contribution is 5.91. The van der Waals surface area contributed by atoms with Crippen LogP contribution in [-0.2, 0) is 24.1 Å². The molecule has 6 rings (SSSR count). The number of aryl methyl sites for hydroxylation is 1. The summed E-state index contributed by atoms with van der Waals surface area (Å²) in [6.45, 7) is 2.94. The average Bonchev–Trinajstić information content (AvgIpc) is 3.69. The Kier molecular flexibility index (Phi) is 6.60. The minimum Gasteiger partial charge on any atom is -0.449 e. The summed E-state index contributed by atoms with van der Waals surface area (Å²) < 4.78 is 9.04.